The first-order valence-corrected chi connectivity index (χ1v) is 8.63. The Hall–Kier alpha value is -1.52. The lowest BCUT2D eigenvalue weighted by atomic mass is 10.00. The molecule has 21 heavy (non-hydrogen) atoms. The van der Waals surface area contributed by atoms with Crippen molar-refractivity contribution < 1.29 is 4.74 Å². The molecule has 3 aromatic rings. The summed E-state index contributed by atoms with van der Waals surface area (Å²) in [5.41, 5.74) is 2.39. The van der Waals surface area contributed by atoms with Crippen LogP contribution in [0.3, 0.4) is 0 Å². The van der Waals surface area contributed by atoms with Gasteiger partial charge in [-0.25, -0.2) is 0 Å². The Morgan fingerprint density at radius 1 is 1.14 bits per heavy atom. The van der Waals surface area contributed by atoms with Crippen LogP contribution in [-0.2, 0) is 0 Å². The first-order chi connectivity index (χ1) is 10.3. The number of halogens is 1. The van der Waals surface area contributed by atoms with Crippen molar-refractivity contribution in [1.29, 1.82) is 0 Å². The zero-order valence-corrected chi connectivity index (χ0v) is 13.7. The zero-order valence-electron chi connectivity index (χ0n) is 11.3. The molecule has 4 rings (SSSR count). The molecule has 2 nitrogen and oxygen atoms in total. The van der Waals surface area contributed by atoms with Gasteiger partial charge in [-0.2, -0.15) is 0 Å². The average Bonchev–Trinajstić information content (AvgIpc) is 2.95. The molecule has 0 saturated carbocycles. The standard InChI is InChI=1S/C17H14BrNOS/c18-12-1-3-16-14(10-12)15(5-7-20-16)19-13-2-4-17-11(9-13)6-8-21-17/h1-4,6,8-10,15,19H,5,7H2. The van der Waals surface area contributed by atoms with Gasteiger partial charge in [-0.05, 0) is 53.2 Å². The molecule has 4 heteroatoms. The number of anilines is 1. The molecular formula is C17H14BrNOS. The monoisotopic (exact) mass is 359 g/mol. The van der Waals surface area contributed by atoms with Gasteiger partial charge in [0.2, 0.25) is 0 Å². The number of ether oxygens (including phenoxy) is 1. The van der Waals surface area contributed by atoms with E-state index in [2.05, 4.69) is 57.0 Å². The van der Waals surface area contributed by atoms with Crippen LogP contribution < -0.4 is 10.1 Å². The molecule has 1 aliphatic rings. The van der Waals surface area contributed by atoms with E-state index in [9.17, 15) is 0 Å². The summed E-state index contributed by atoms with van der Waals surface area (Å²) in [6.07, 6.45) is 0.977. The van der Waals surface area contributed by atoms with Crippen molar-refractivity contribution in [3.05, 3.63) is 57.9 Å². The third-order valence-corrected chi connectivity index (χ3v) is 5.20. The highest BCUT2D eigenvalue weighted by Gasteiger charge is 2.21. The van der Waals surface area contributed by atoms with E-state index in [-0.39, 0.29) is 0 Å². The summed E-state index contributed by atoms with van der Waals surface area (Å²) in [6.45, 7) is 0.757. The molecule has 1 aliphatic heterocycles. The van der Waals surface area contributed by atoms with Crippen LogP contribution in [0.2, 0.25) is 0 Å². The zero-order chi connectivity index (χ0) is 14.2. The van der Waals surface area contributed by atoms with Crippen molar-refractivity contribution in [2.24, 2.45) is 0 Å². The van der Waals surface area contributed by atoms with Crippen LogP contribution in [0.5, 0.6) is 5.75 Å². The van der Waals surface area contributed by atoms with Gasteiger partial charge in [-0.3, -0.25) is 0 Å². The molecular weight excluding hydrogens is 346 g/mol. The molecule has 0 saturated heterocycles. The molecule has 1 N–H and O–H groups in total. The smallest absolute Gasteiger partial charge is 0.124 e. The molecule has 0 fully saturated rings. The van der Waals surface area contributed by atoms with Crippen molar-refractivity contribution >= 4 is 43.0 Å². The molecule has 1 aromatic heterocycles. The SMILES string of the molecule is Brc1ccc2c(c1)C(Nc1ccc3sccc3c1)CCO2. The fraction of sp³-hybridized carbons (Fsp3) is 0.176. The van der Waals surface area contributed by atoms with Gasteiger partial charge in [-0.15, -0.1) is 11.3 Å². The van der Waals surface area contributed by atoms with Crippen molar-refractivity contribution in [2.45, 2.75) is 12.5 Å². The number of hydrogen-bond donors (Lipinski definition) is 1. The van der Waals surface area contributed by atoms with Gasteiger partial charge < -0.3 is 10.1 Å². The van der Waals surface area contributed by atoms with Crippen LogP contribution in [0.1, 0.15) is 18.0 Å². The quantitative estimate of drug-likeness (QED) is 0.642. The van der Waals surface area contributed by atoms with Gasteiger partial charge >= 0.3 is 0 Å². The van der Waals surface area contributed by atoms with Gasteiger partial charge in [0.05, 0.1) is 12.6 Å². The fourth-order valence-corrected chi connectivity index (χ4v) is 3.92. The van der Waals surface area contributed by atoms with Crippen LogP contribution >= 0.6 is 27.3 Å². The Kier molecular flexibility index (Phi) is 3.36. The molecule has 2 heterocycles. The summed E-state index contributed by atoms with van der Waals surface area (Å²) in [5, 5.41) is 7.08. The molecule has 106 valence electrons. The third-order valence-electron chi connectivity index (χ3n) is 3.80. The van der Waals surface area contributed by atoms with E-state index in [1.165, 1.54) is 21.3 Å². The summed E-state index contributed by atoms with van der Waals surface area (Å²) < 4.78 is 8.16. The second-order valence-corrected chi connectivity index (χ2v) is 7.05. The second kappa shape index (κ2) is 5.35. The molecule has 0 spiro atoms. The van der Waals surface area contributed by atoms with E-state index in [4.69, 9.17) is 4.74 Å². The van der Waals surface area contributed by atoms with Crippen LogP contribution in [0.25, 0.3) is 10.1 Å². The minimum Gasteiger partial charge on any atom is -0.493 e. The highest BCUT2D eigenvalue weighted by Crippen LogP contribution is 2.36. The van der Waals surface area contributed by atoms with Crippen molar-refractivity contribution in [1.82, 2.24) is 0 Å². The molecule has 0 radical (unpaired) electrons. The minimum absolute atomic E-state index is 0.294. The Balaban J connectivity index is 1.67. The molecule has 1 unspecified atom stereocenters. The highest BCUT2D eigenvalue weighted by atomic mass is 79.9. The Morgan fingerprint density at radius 2 is 2.10 bits per heavy atom. The summed E-state index contributed by atoms with van der Waals surface area (Å²) in [6, 6.07) is 15.2. The van der Waals surface area contributed by atoms with Crippen molar-refractivity contribution in [3.63, 3.8) is 0 Å². The summed E-state index contributed by atoms with van der Waals surface area (Å²) in [4.78, 5) is 0. The van der Waals surface area contributed by atoms with Gasteiger partial charge in [0.25, 0.3) is 0 Å². The molecule has 0 bridgehead atoms. The maximum absolute atomic E-state index is 5.75. The number of thiophene rings is 1. The van der Waals surface area contributed by atoms with Crippen LogP contribution in [0, 0.1) is 0 Å². The first kappa shape index (κ1) is 13.2. The van der Waals surface area contributed by atoms with E-state index in [0.29, 0.717) is 6.04 Å². The van der Waals surface area contributed by atoms with Crippen molar-refractivity contribution in [3.8, 4) is 5.75 Å². The number of rotatable bonds is 2. The summed E-state index contributed by atoms with van der Waals surface area (Å²) in [5.74, 6) is 0.985. The number of hydrogen-bond acceptors (Lipinski definition) is 3. The largest absolute Gasteiger partial charge is 0.493 e. The van der Waals surface area contributed by atoms with Gasteiger partial charge in [0.15, 0.2) is 0 Å². The number of benzene rings is 2. The predicted octanol–water partition coefficient (Wildman–Crippen LogP) is 5.60. The van der Waals surface area contributed by atoms with Gasteiger partial charge in [0.1, 0.15) is 5.75 Å². The van der Waals surface area contributed by atoms with E-state index in [1.54, 1.807) is 11.3 Å². The maximum Gasteiger partial charge on any atom is 0.124 e. The summed E-state index contributed by atoms with van der Waals surface area (Å²) >= 11 is 5.33. The molecule has 0 amide bonds. The predicted molar refractivity (Wildman–Crippen MR) is 92.4 cm³/mol. The second-order valence-electron chi connectivity index (χ2n) is 5.19. The normalized spacial score (nSPS) is 17.3. The number of fused-ring (bicyclic) bond motifs is 2. The fourth-order valence-electron chi connectivity index (χ4n) is 2.77. The van der Waals surface area contributed by atoms with E-state index in [1.807, 2.05) is 12.1 Å². The number of nitrogens with one attached hydrogen (secondary N) is 1. The van der Waals surface area contributed by atoms with E-state index in [0.717, 1.165) is 23.2 Å². The molecule has 0 aliphatic carbocycles. The first-order valence-electron chi connectivity index (χ1n) is 6.96. The van der Waals surface area contributed by atoms with Crippen LogP contribution in [0.4, 0.5) is 5.69 Å². The van der Waals surface area contributed by atoms with Crippen LogP contribution in [-0.4, -0.2) is 6.61 Å². The van der Waals surface area contributed by atoms with Crippen LogP contribution in [0.15, 0.2) is 52.3 Å². The maximum atomic E-state index is 5.75. The third kappa shape index (κ3) is 2.54. The van der Waals surface area contributed by atoms with Gasteiger partial charge in [-0.1, -0.05) is 15.9 Å². The lowest BCUT2D eigenvalue weighted by Gasteiger charge is -2.27. The van der Waals surface area contributed by atoms with E-state index >= 15 is 0 Å². The Bertz CT molecular complexity index is 798. The van der Waals surface area contributed by atoms with Crippen molar-refractivity contribution in [2.75, 3.05) is 11.9 Å². The van der Waals surface area contributed by atoms with E-state index < -0.39 is 0 Å². The molecule has 1 atom stereocenters. The lowest BCUT2D eigenvalue weighted by molar-refractivity contribution is 0.274. The Labute approximate surface area is 135 Å². The Morgan fingerprint density at radius 3 is 3.05 bits per heavy atom. The molecule has 2 aromatic carbocycles. The topological polar surface area (TPSA) is 21.3 Å². The average molecular weight is 360 g/mol. The minimum atomic E-state index is 0.294. The highest BCUT2D eigenvalue weighted by molar-refractivity contribution is 9.10. The lowest BCUT2D eigenvalue weighted by Crippen LogP contribution is -2.20. The summed E-state index contributed by atoms with van der Waals surface area (Å²) in [7, 11) is 0. The van der Waals surface area contributed by atoms with Gasteiger partial charge in [0, 0.05) is 26.8 Å².